The fraction of sp³-hybridized carbons (Fsp3) is 0.714. The number of hydrogen-bond acceptors (Lipinski definition) is 4. The van der Waals surface area contributed by atoms with Crippen LogP contribution in [0.5, 0.6) is 0 Å². The van der Waals surface area contributed by atoms with Gasteiger partial charge in [0.05, 0.1) is 12.6 Å². The first-order valence-electron chi connectivity index (χ1n) is 6.89. The number of fused-ring (bicyclic) bond motifs is 1. The third-order valence-electron chi connectivity index (χ3n) is 3.50. The van der Waals surface area contributed by atoms with Crippen LogP contribution in [-0.4, -0.2) is 29.2 Å². The Morgan fingerprint density at radius 1 is 1.33 bits per heavy atom. The van der Waals surface area contributed by atoms with Crippen LogP contribution in [0.1, 0.15) is 38.4 Å². The van der Waals surface area contributed by atoms with E-state index >= 15 is 0 Å². The molecule has 4 nitrogen and oxygen atoms in total. The fourth-order valence-electron chi connectivity index (χ4n) is 2.31. The Morgan fingerprint density at radius 3 is 2.89 bits per heavy atom. The Bertz CT molecular complexity index is 393. The third kappa shape index (κ3) is 2.99. The van der Waals surface area contributed by atoms with E-state index in [1.54, 1.807) is 6.33 Å². The summed E-state index contributed by atoms with van der Waals surface area (Å²) in [5.74, 6) is 1.53. The predicted molar refractivity (Wildman–Crippen MR) is 72.8 cm³/mol. The molecule has 1 aromatic rings. The second kappa shape index (κ2) is 6.14. The van der Waals surface area contributed by atoms with Crippen LogP contribution in [0.2, 0.25) is 0 Å². The summed E-state index contributed by atoms with van der Waals surface area (Å²) < 4.78 is 5.54. The molecule has 0 amide bonds. The van der Waals surface area contributed by atoms with Gasteiger partial charge < -0.3 is 10.1 Å². The summed E-state index contributed by atoms with van der Waals surface area (Å²) in [4.78, 5) is 8.75. The lowest BCUT2D eigenvalue weighted by molar-refractivity contribution is 0.126. The average molecular weight is 249 g/mol. The van der Waals surface area contributed by atoms with Crippen LogP contribution in [-0.2, 0) is 17.6 Å². The van der Waals surface area contributed by atoms with Gasteiger partial charge in [0.1, 0.15) is 12.1 Å². The molecule has 2 rings (SSSR count). The molecule has 1 unspecified atom stereocenters. The van der Waals surface area contributed by atoms with Gasteiger partial charge in [0.25, 0.3) is 0 Å². The summed E-state index contributed by atoms with van der Waals surface area (Å²) in [6, 6.07) is 0.310. The molecule has 0 saturated heterocycles. The van der Waals surface area contributed by atoms with Gasteiger partial charge in [0.2, 0.25) is 0 Å². The van der Waals surface area contributed by atoms with Crippen LogP contribution in [0.3, 0.4) is 0 Å². The number of nitrogens with one attached hydrogen (secondary N) is 1. The molecule has 0 spiro atoms. The molecule has 1 heterocycles. The van der Waals surface area contributed by atoms with Crippen LogP contribution < -0.4 is 5.32 Å². The minimum atomic E-state index is 0.310. The first-order valence-corrected chi connectivity index (χ1v) is 6.89. The van der Waals surface area contributed by atoms with Crippen molar-refractivity contribution in [2.75, 3.05) is 18.5 Å². The quantitative estimate of drug-likeness (QED) is 0.841. The van der Waals surface area contributed by atoms with Crippen LogP contribution in [0.15, 0.2) is 6.33 Å². The molecular formula is C14H23N3O. The van der Waals surface area contributed by atoms with Crippen molar-refractivity contribution < 1.29 is 4.74 Å². The molecule has 0 fully saturated rings. The average Bonchev–Trinajstić information content (AvgIpc) is 2.83. The standard InChI is InChI=1S/C14H23N3O/c1-4-18-8-13(10(2)3)17-14-11-6-5-7-12(11)15-9-16-14/h9-10,13H,4-8H2,1-3H3,(H,15,16,17). The Morgan fingerprint density at radius 2 is 2.17 bits per heavy atom. The van der Waals surface area contributed by atoms with Crippen molar-refractivity contribution in [3.05, 3.63) is 17.6 Å². The van der Waals surface area contributed by atoms with Gasteiger partial charge in [0.15, 0.2) is 0 Å². The monoisotopic (exact) mass is 249 g/mol. The molecule has 0 aliphatic heterocycles. The number of anilines is 1. The van der Waals surface area contributed by atoms with Crippen molar-refractivity contribution in [1.82, 2.24) is 9.97 Å². The maximum absolute atomic E-state index is 5.54. The van der Waals surface area contributed by atoms with Crippen LogP contribution >= 0.6 is 0 Å². The summed E-state index contributed by atoms with van der Waals surface area (Å²) in [7, 11) is 0. The minimum absolute atomic E-state index is 0.310. The molecule has 1 aromatic heterocycles. The SMILES string of the molecule is CCOCC(Nc1ncnc2c1CCC2)C(C)C. The summed E-state index contributed by atoms with van der Waals surface area (Å²) in [6.07, 6.45) is 5.05. The second-order valence-corrected chi connectivity index (χ2v) is 5.16. The Kier molecular flexibility index (Phi) is 4.53. The predicted octanol–water partition coefficient (Wildman–Crippen LogP) is 2.44. The van der Waals surface area contributed by atoms with Crippen molar-refractivity contribution >= 4 is 5.82 Å². The van der Waals surface area contributed by atoms with E-state index in [0.717, 1.165) is 31.9 Å². The molecular weight excluding hydrogens is 226 g/mol. The normalized spacial score (nSPS) is 15.8. The van der Waals surface area contributed by atoms with Gasteiger partial charge in [0, 0.05) is 17.9 Å². The van der Waals surface area contributed by atoms with Crippen LogP contribution in [0.4, 0.5) is 5.82 Å². The van der Waals surface area contributed by atoms with Crippen molar-refractivity contribution in [1.29, 1.82) is 0 Å². The number of ether oxygens (including phenoxy) is 1. The lowest BCUT2D eigenvalue weighted by Crippen LogP contribution is -2.31. The van der Waals surface area contributed by atoms with Crippen molar-refractivity contribution in [3.8, 4) is 0 Å². The first-order chi connectivity index (χ1) is 8.72. The van der Waals surface area contributed by atoms with E-state index in [1.165, 1.54) is 17.7 Å². The van der Waals surface area contributed by atoms with Gasteiger partial charge >= 0.3 is 0 Å². The number of aryl methyl sites for hydroxylation is 1. The Hall–Kier alpha value is -1.16. The molecule has 0 saturated carbocycles. The van der Waals surface area contributed by atoms with E-state index in [0.29, 0.717) is 12.0 Å². The highest BCUT2D eigenvalue weighted by atomic mass is 16.5. The number of rotatable bonds is 6. The second-order valence-electron chi connectivity index (χ2n) is 5.16. The lowest BCUT2D eigenvalue weighted by atomic mass is 10.0. The zero-order chi connectivity index (χ0) is 13.0. The maximum atomic E-state index is 5.54. The van der Waals surface area contributed by atoms with Gasteiger partial charge in [-0.2, -0.15) is 0 Å². The molecule has 1 aliphatic rings. The fourth-order valence-corrected chi connectivity index (χ4v) is 2.31. The summed E-state index contributed by atoms with van der Waals surface area (Å²) >= 11 is 0. The summed E-state index contributed by atoms with van der Waals surface area (Å²) in [5, 5.41) is 3.54. The molecule has 1 aliphatic carbocycles. The zero-order valence-corrected chi connectivity index (χ0v) is 11.6. The van der Waals surface area contributed by atoms with Gasteiger partial charge in [-0.25, -0.2) is 9.97 Å². The smallest absolute Gasteiger partial charge is 0.133 e. The van der Waals surface area contributed by atoms with Crippen molar-refractivity contribution in [3.63, 3.8) is 0 Å². The highest BCUT2D eigenvalue weighted by molar-refractivity contribution is 5.48. The lowest BCUT2D eigenvalue weighted by Gasteiger charge is -2.23. The van der Waals surface area contributed by atoms with Gasteiger partial charge in [-0.15, -0.1) is 0 Å². The molecule has 18 heavy (non-hydrogen) atoms. The topological polar surface area (TPSA) is 47.0 Å². The molecule has 100 valence electrons. The maximum Gasteiger partial charge on any atom is 0.133 e. The van der Waals surface area contributed by atoms with E-state index < -0.39 is 0 Å². The highest BCUT2D eigenvalue weighted by Gasteiger charge is 2.20. The Labute approximate surface area is 109 Å². The van der Waals surface area contributed by atoms with Crippen molar-refractivity contribution in [2.45, 2.75) is 46.1 Å². The molecule has 1 N–H and O–H groups in total. The van der Waals surface area contributed by atoms with E-state index in [2.05, 4.69) is 29.1 Å². The van der Waals surface area contributed by atoms with Crippen LogP contribution in [0.25, 0.3) is 0 Å². The largest absolute Gasteiger partial charge is 0.380 e. The first kappa shape index (κ1) is 13.3. The number of aromatic nitrogens is 2. The van der Waals surface area contributed by atoms with E-state index in [4.69, 9.17) is 4.74 Å². The minimum Gasteiger partial charge on any atom is -0.380 e. The molecule has 0 aromatic carbocycles. The summed E-state index contributed by atoms with van der Waals surface area (Å²) in [5.41, 5.74) is 2.52. The molecule has 1 atom stereocenters. The van der Waals surface area contributed by atoms with Crippen molar-refractivity contribution in [2.24, 2.45) is 5.92 Å². The van der Waals surface area contributed by atoms with Gasteiger partial charge in [-0.05, 0) is 32.1 Å². The van der Waals surface area contributed by atoms with E-state index in [1.807, 2.05) is 6.92 Å². The third-order valence-corrected chi connectivity index (χ3v) is 3.50. The highest BCUT2D eigenvalue weighted by Crippen LogP contribution is 2.26. The van der Waals surface area contributed by atoms with E-state index in [-0.39, 0.29) is 0 Å². The molecule has 0 radical (unpaired) electrons. The number of hydrogen-bond donors (Lipinski definition) is 1. The molecule has 0 bridgehead atoms. The van der Waals surface area contributed by atoms with E-state index in [9.17, 15) is 0 Å². The number of nitrogens with zero attached hydrogens (tertiary/aromatic N) is 2. The summed E-state index contributed by atoms with van der Waals surface area (Å²) in [6.45, 7) is 7.93. The van der Waals surface area contributed by atoms with Gasteiger partial charge in [-0.1, -0.05) is 13.8 Å². The van der Waals surface area contributed by atoms with Crippen LogP contribution in [0, 0.1) is 5.92 Å². The zero-order valence-electron chi connectivity index (χ0n) is 11.6. The van der Waals surface area contributed by atoms with Gasteiger partial charge in [-0.3, -0.25) is 0 Å². The Balaban J connectivity index is 2.09. The molecule has 4 heteroatoms.